The van der Waals surface area contributed by atoms with Gasteiger partial charge in [0.25, 0.3) is 5.91 Å². The third-order valence-electron chi connectivity index (χ3n) is 3.16. The minimum atomic E-state index is -0.323. The molecule has 0 aromatic heterocycles. The summed E-state index contributed by atoms with van der Waals surface area (Å²) >= 11 is 0. The number of nitrogens with one attached hydrogen (secondary N) is 1. The summed E-state index contributed by atoms with van der Waals surface area (Å²) in [6.07, 6.45) is 0. The Labute approximate surface area is 128 Å². The van der Waals surface area contributed by atoms with Gasteiger partial charge in [-0.2, -0.15) is 0 Å². The largest absolute Gasteiger partial charge is 0.496 e. The summed E-state index contributed by atoms with van der Waals surface area (Å²) in [5.74, 6) is 1.14. The number of anilines is 2. The van der Waals surface area contributed by atoms with Crippen LogP contribution < -0.4 is 25.3 Å². The molecule has 0 fully saturated rings. The number of amides is 1. The molecule has 6 nitrogen and oxygen atoms in total. The lowest BCUT2D eigenvalue weighted by atomic mass is 10.1. The number of nitrogens with two attached hydrogens (primary N) is 1. The van der Waals surface area contributed by atoms with Crippen molar-refractivity contribution in [2.75, 3.05) is 32.4 Å². The number of benzene rings is 2. The summed E-state index contributed by atoms with van der Waals surface area (Å²) < 4.78 is 15.5. The van der Waals surface area contributed by atoms with Crippen molar-refractivity contribution in [3.05, 3.63) is 42.0 Å². The van der Waals surface area contributed by atoms with E-state index in [9.17, 15) is 4.79 Å². The van der Waals surface area contributed by atoms with Crippen LogP contribution in [0.15, 0.2) is 36.4 Å². The molecule has 6 heteroatoms. The van der Waals surface area contributed by atoms with Crippen LogP contribution in [0.5, 0.6) is 17.2 Å². The van der Waals surface area contributed by atoms with Gasteiger partial charge in [0.05, 0.1) is 38.3 Å². The lowest BCUT2D eigenvalue weighted by Crippen LogP contribution is -2.14. The minimum Gasteiger partial charge on any atom is -0.496 e. The van der Waals surface area contributed by atoms with E-state index in [1.807, 2.05) is 0 Å². The standard InChI is InChI=1S/C16H18N2O4/c1-20-13-7-5-4-6-10(13)16(19)18-12-9-15(22-3)14(21-2)8-11(12)17/h4-9H,17H2,1-3H3,(H,18,19). The molecule has 0 unspecified atom stereocenters. The summed E-state index contributed by atoms with van der Waals surface area (Å²) in [7, 11) is 4.54. The Bertz CT molecular complexity index is 686. The number of ether oxygens (including phenoxy) is 3. The van der Waals surface area contributed by atoms with Crippen molar-refractivity contribution < 1.29 is 19.0 Å². The van der Waals surface area contributed by atoms with Gasteiger partial charge in [0, 0.05) is 12.1 Å². The molecule has 2 rings (SSSR count). The van der Waals surface area contributed by atoms with E-state index in [1.165, 1.54) is 21.3 Å². The number of carbonyl (C=O) groups excluding carboxylic acids is 1. The molecule has 0 saturated heterocycles. The van der Waals surface area contributed by atoms with Gasteiger partial charge in [0.2, 0.25) is 0 Å². The maximum atomic E-state index is 12.4. The molecule has 0 radical (unpaired) electrons. The molecule has 116 valence electrons. The number of rotatable bonds is 5. The first-order chi connectivity index (χ1) is 10.6. The number of methoxy groups -OCH3 is 3. The second-order valence-corrected chi connectivity index (χ2v) is 4.45. The monoisotopic (exact) mass is 302 g/mol. The van der Waals surface area contributed by atoms with Crippen molar-refractivity contribution in [3.63, 3.8) is 0 Å². The first-order valence-electron chi connectivity index (χ1n) is 6.56. The quantitative estimate of drug-likeness (QED) is 0.829. The van der Waals surface area contributed by atoms with Gasteiger partial charge in [-0.25, -0.2) is 0 Å². The highest BCUT2D eigenvalue weighted by molar-refractivity contribution is 6.07. The molecule has 0 spiro atoms. The molecule has 0 atom stereocenters. The molecule has 0 aliphatic rings. The maximum absolute atomic E-state index is 12.4. The van der Waals surface area contributed by atoms with Gasteiger partial charge in [-0.3, -0.25) is 4.79 Å². The van der Waals surface area contributed by atoms with Gasteiger partial charge >= 0.3 is 0 Å². The predicted molar refractivity (Wildman–Crippen MR) is 84.9 cm³/mol. The van der Waals surface area contributed by atoms with E-state index in [2.05, 4.69) is 5.32 Å². The summed E-state index contributed by atoms with van der Waals surface area (Å²) in [6, 6.07) is 10.1. The number of hydrogen-bond donors (Lipinski definition) is 2. The zero-order chi connectivity index (χ0) is 16.1. The minimum absolute atomic E-state index is 0.323. The van der Waals surface area contributed by atoms with E-state index in [0.717, 1.165) is 0 Å². The second-order valence-electron chi connectivity index (χ2n) is 4.45. The SMILES string of the molecule is COc1cc(N)c(NC(=O)c2ccccc2OC)cc1OC. The summed E-state index contributed by atoms with van der Waals surface area (Å²) in [4.78, 5) is 12.4. The van der Waals surface area contributed by atoms with E-state index in [-0.39, 0.29) is 5.91 Å². The van der Waals surface area contributed by atoms with Gasteiger partial charge in [-0.15, -0.1) is 0 Å². The fraction of sp³-hybridized carbons (Fsp3) is 0.188. The van der Waals surface area contributed by atoms with Crippen LogP contribution in [-0.2, 0) is 0 Å². The zero-order valence-corrected chi connectivity index (χ0v) is 12.7. The Kier molecular flexibility index (Phi) is 4.73. The molecule has 2 aromatic carbocycles. The average Bonchev–Trinajstić information content (AvgIpc) is 2.56. The first kappa shape index (κ1) is 15.5. The lowest BCUT2D eigenvalue weighted by Gasteiger charge is -2.14. The molecule has 0 bridgehead atoms. The molecule has 0 saturated carbocycles. The molecular formula is C16H18N2O4. The number of nitrogen functional groups attached to an aromatic ring is 1. The van der Waals surface area contributed by atoms with Gasteiger partial charge in [-0.1, -0.05) is 12.1 Å². The van der Waals surface area contributed by atoms with Crippen LogP contribution in [0.3, 0.4) is 0 Å². The number of para-hydroxylation sites is 1. The van der Waals surface area contributed by atoms with Crippen LogP contribution in [0.2, 0.25) is 0 Å². The van der Waals surface area contributed by atoms with Gasteiger partial charge < -0.3 is 25.3 Å². The Hall–Kier alpha value is -2.89. The third kappa shape index (κ3) is 3.06. The molecule has 2 aromatic rings. The Balaban J connectivity index is 2.32. The van der Waals surface area contributed by atoms with Gasteiger partial charge in [0.15, 0.2) is 11.5 Å². The van der Waals surface area contributed by atoms with E-state index in [4.69, 9.17) is 19.9 Å². The van der Waals surface area contributed by atoms with Crippen molar-refractivity contribution in [2.45, 2.75) is 0 Å². The van der Waals surface area contributed by atoms with E-state index >= 15 is 0 Å². The van der Waals surface area contributed by atoms with Crippen molar-refractivity contribution in [1.29, 1.82) is 0 Å². The molecule has 22 heavy (non-hydrogen) atoms. The fourth-order valence-corrected chi connectivity index (χ4v) is 2.02. The van der Waals surface area contributed by atoms with Crippen LogP contribution in [-0.4, -0.2) is 27.2 Å². The molecule has 0 aliphatic heterocycles. The highest BCUT2D eigenvalue weighted by Gasteiger charge is 2.15. The highest BCUT2D eigenvalue weighted by atomic mass is 16.5. The molecule has 1 amide bonds. The normalized spacial score (nSPS) is 9.95. The fourth-order valence-electron chi connectivity index (χ4n) is 2.02. The average molecular weight is 302 g/mol. The molecular weight excluding hydrogens is 284 g/mol. The molecule has 0 aliphatic carbocycles. The van der Waals surface area contributed by atoms with Crippen LogP contribution >= 0.6 is 0 Å². The van der Waals surface area contributed by atoms with Crippen LogP contribution in [0.25, 0.3) is 0 Å². The second kappa shape index (κ2) is 6.71. The lowest BCUT2D eigenvalue weighted by molar-refractivity contribution is 0.102. The molecule has 3 N–H and O–H groups in total. The topological polar surface area (TPSA) is 82.8 Å². The van der Waals surface area contributed by atoms with Gasteiger partial charge in [0.1, 0.15) is 5.75 Å². The first-order valence-corrected chi connectivity index (χ1v) is 6.56. The van der Waals surface area contributed by atoms with E-state index in [0.29, 0.717) is 34.2 Å². The molecule has 0 heterocycles. The Morgan fingerprint density at radius 3 is 2.18 bits per heavy atom. The number of carbonyl (C=O) groups is 1. The van der Waals surface area contributed by atoms with Crippen LogP contribution in [0.1, 0.15) is 10.4 Å². The predicted octanol–water partition coefficient (Wildman–Crippen LogP) is 2.55. The van der Waals surface area contributed by atoms with Crippen molar-refractivity contribution in [3.8, 4) is 17.2 Å². The number of hydrogen-bond acceptors (Lipinski definition) is 5. The smallest absolute Gasteiger partial charge is 0.259 e. The summed E-state index contributed by atoms with van der Waals surface area (Å²) in [6.45, 7) is 0. The Morgan fingerprint density at radius 2 is 1.55 bits per heavy atom. The van der Waals surface area contributed by atoms with Crippen LogP contribution in [0, 0.1) is 0 Å². The van der Waals surface area contributed by atoms with E-state index < -0.39 is 0 Å². The maximum Gasteiger partial charge on any atom is 0.259 e. The van der Waals surface area contributed by atoms with Crippen molar-refractivity contribution in [2.24, 2.45) is 0 Å². The third-order valence-corrected chi connectivity index (χ3v) is 3.16. The zero-order valence-electron chi connectivity index (χ0n) is 12.7. The van der Waals surface area contributed by atoms with E-state index in [1.54, 1.807) is 36.4 Å². The van der Waals surface area contributed by atoms with Crippen LogP contribution in [0.4, 0.5) is 11.4 Å². The van der Waals surface area contributed by atoms with Crippen molar-refractivity contribution in [1.82, 2.24) is 0 Å². The van der Waals surface area contributed by atoms with Crippen molar-refractivity contribution >= 4 is 17.3 Å². The highest BCUT2D eigenvalue weighted by Crippen LogP contribution is 2.35. The Morgan fingerprint density at radius 1 is 0.955 bits per heavy atom. The summed E-state index contributed by atoms with van der Waals surface area (Å²) in [5, 5.41) is 2.75. The summed E-state index contributed by atoms with van der Waals surface area (Å²) in [5.41, 5.74) is 7.17. The van der Waals surface area contributed by atoms with Gasteiger partial charge in [-0.05, 0) is 12.1 Å².